The smallest absolute Gasteiger partial charge is 0.274 e. The summed E-state index contributed by atoms with van der Waals surface area (Å²) in [6.45, 7) is 0. The zero-order chi connectivity index (χ0) is 23.1. The number of H-pyrrole nitrogens is 1. The molecular formula is C24H18N4O4S. The second-order valence-corrected chi connectivity index (χ2v) is 8.23. The number of amides is 1. The zero-order valence-corrected chi connectivity index (χ0v) is 18.2. The Labute approximate surface area is 192 Å². The molecule has 0 atom stereocenters. The number of hydrogen-bond acceptors (Lipinski definition) is 7. The highest BCUT2D eigenvalue weighted by Crippen LogP contribution is 2.38. The van der Waals surface area contributed by atoms with E-state index in [9.17, 15) is 20.1 Å². The number of phenolic OH excluding ortho intramolecular Hbond substituents is 3. The molecule has 0 radical (unpaired) electrons. The van der Waals surface area contributed by atoms with E-state index >= 15 is 0 Å². The van der Waals surface area contributed by atoms with Crippen molar-refractivity contribution in [3.63, 3.8) is 0 Å². The van der Waals surface area contributed by atoms with E-state index in [1.807, 2.05) is 41.1 Å². The van der Waals surface area contributed by atoms with Gasteiger partial charge < -0.3 is 25.2 Å². The van der Waals surface area contributed by atoms with Crippen LogP contribution >= 0.6 is 11.3 Å². The van der Waals surface area contributed by atoms with Crippen molar-refractivity contribution in [2.45, 2.75) is 0 Å². The molecule has 0 aliphatic carbocycles. The van der Waals surface area contributed by atoms with Crippen molar-refractivity contribution < 1.29 is 20.1 Å². The van der Waals surface area contributed by atoms with Gasteiger partial charge in [0.25, 0.3) is 5.91 Å². The average molecular weight is 458 g/mol. The molecule has 0 unspecified atom stereocenters. The van der Waals surface area contributed by atoms with Crippen molar-refractivity contribution in [1.29, 1.82) is 0 Å². The van der Waals surface area contributed by atoms with Crippen molar-refractivity contribution in [3.05, 3.63) is 71.2 Å². The molecule has 8 nitrogen and oxygen atoms in total. The SMILES string of the molecule is CN(C(=O)c1cc2nc(-c3ccnc(-c4ccsc4)c3)ccc2[nH]1)c1cc(O)c(O)c(O)c1. The minimum atomic E-state index is -0.639. The number of anilines is 1. The molecule has 164 valence electrons. The Morgan fingerprint density at radius 3 is 2.48 bits per heavy atom. The van der Waals surface area contributed by atoms with Crippen LogP contribution in [-0.2, 0) is 0 Å². The number of aromatic amines is 1. The van der Waals surface area contributed by atoms with Crippen LogP contribution in [0.1, 0.15) is 10.5 Å². The van der Waals surface area contributed by atoms with Crippen LogP contribution in [0, 0.1) is 0 Å². The van der Waals surface area contributed by atoms with Crippen molar-refractivity contribution in [2.24, 2.45) is 0 Å². The minimum absolute atomic E-state index is 0.220. The number of carbonyl (C=O) groups excluding carboxylic acids is 1. The third kappa shape index (κ3) is 3.74. The van der Waals surface area contributed by atoms with E-state index in [0.717, 1.165) is 22.5 Å². The maximum absolute atomic E-state index is 13.0. The number of thiophene rings is 1. The Morgan fingerprint density at radius 1 is 0.970 bits per heavy atom. The zero-order valence-electron chi connectivity index (χ0n) is 17.4. The standard InChI is InChI=1S/C24H18N4O4S/c1-28(15-9-21(29)23(31)22(30)10-15)24(32)20-11-19-17(27-20)3-2-16(26-19)13-4-6-25-18(8-13)14-5-7-33-12-14/h2-12,27,29-31H,1H3. The lowest BCUT2D eigenvalue weighted by atomic mass is 10.1. The van der Waals surface area contributed by atoms with Crippen LogP contribution in [0.4, 0.5) is 5.69 Å². The number of aromatic hydroxyl groups is 3. The van der Waals surface area contributed by atoms with E-state index in [0.29, 0.717) is 11.0 Å². The molecule has 0 saturated carbocycles. The highest BCUT2D eigenvalue weighted by molar-refractivity contribution is 7.08. The van der Waals surface area contributed by atoms with E-state index in [2.05, 4.69) is 9.97 Å². The Bertz CT molecular complexity index is 1470. The predicted octanol–water partition coefficient (Wildman–Crippen LogP) is 4.75. The van der Waals surface area contributed by atoms with Gasteiger partial charge in [-0.15, -0.1) is 0 Å². The van der Waals surface area contributed by atoms with Gasteiger partial charge in [0.2, 0.25) is 0 Å². The summed E-state index contributed by atoms with van der Waals surface area (Å²) in [5, 5.41) is 33.1. The Balaban J connectivity index is 1.46. The minimum Gasteiger partial charge on any atom is -0.504 e. The quantitative estimate of drug-likeness (QED) is 0.288. The van der Waals surface area contributed by atoms with Crippen LogP contribution < -0.4 is 4.90 Å². The largest absolute Gasteiger partial charge is 0.504 e. The van der Waals surface area contributed by atoms with Gasteiger partial charge >= 0.3 is 0 Å². The first-order valence-corrected chi connectivity index (χ1v) is 10.9. The summed E-state index contributed by atoms with van der Waals surface area (Å²) in [6.07, 6.45) is 1.75. The fourth-order valence-electron chi connectivity index (χ4n) is 3.52. The monoisotopic (exact) mass is 458 g/mol. The highest BCUT2D eigenvalue weighted by Gasteiger charge is 2.19. The van der Waals surface area contributed by atoms with Crippen molar-refractivity contribution in [3.8, 4) is 39.8 Å². The number of nitrogens with one attached hydrogen (secondary N) is 1. The molecule has 0 aliphatic heterocycles. The van der Waals surface area contributed by atoms with Crippen LogP contribution in [0.2, 0.25) is 0 Å². The molecule has 0 saturated heterocycles. The summed E-state index contributed by atoms with van der Waals surface area (Å²) in [5.74, 6) is -2.08. The summed E-state index contributed by atoms with van der Waals surface area (Å²) >= 11 is 1.61. The summed E-state index contributed by atoms with van der Waals surface area (Å²) in [4.78, 5) is 26.4. The number of hydrogen-bond donors (Lipinski definition) is 4. The van der Waals surface area contributed by atoms with Crippen molar-refractivity contribution >= 4 is 34.0 Å². The molecular weight excluding hydrogens is 440 g/mol. The highest BCUT2D eigenvalue weighted by atomic mass is 32.1. The summed E-state index contributed by atoms with van der Waals surface area (Å²) in [6, 6.07) is 13.7. The molecule has 4 heterocycles. The number of aromatic nitrogens is 3. The predicted molar refractivity (Wildman–Crippen MR) is 127 cm³/mol. The number of benzene rings is 1. The third-order valence-corrected chi connectivity index (χ3v) is 6.01. The molecule has 0 bridgehead atoms. The van der Waals surface area contributed by atoms with E-state index in [4.69, 9.17) is 4.98 Å². The van der Waals surface area contributed by atoms with Gasteiger partial charge in [-0.25, -0.2) is 4.98 Å². The first kappa shape index (κ1) is 20.5. The molecule has 0 fully saturated rings. The molecule has 5 rings (SSSR count). The number of phenols is 3. The number of fused-ring (bicyclic) bond motifs is 1. The van der Waals surface area contributed by atoms with Crippen LogP contribution in [0.15, 0.2) is 65.5 Å². The van der Waals surface area contributed by atoms with Gasteiger partial charge in [0.1, 0.15) is 5.69 Å². The second-order valence-electron chi connectivity index (χ2n) is 7.45. The van der Waals surface area contributed by atoms with Gasteiger partial charge in [0, 0.05) is 41.9 Å². The molecule has 1 aromatic carbocycles. The Hall–Kier alpha value is -4.37. The molecule has 0 spiro atoms. The van der Waals surface area contributed by atoms with E-state index in [1.165, 1.54) is 24.1 Å². The third-order valence-electron chi connectivity index (χ3n) is 5.32. The van der Waals surface area contributed by atoms with Gasteiger partial charge in [0.05, 0.1) is 28.1 Å². The number of rotatable bonds is 4. The molecule has 0 aliphatic rings. The normalized spacial score (nSPS) is 11.1. The van der Waals surface area contributed by atoms with Gasteiger partial charge in [-0.05, 0) is 41.8 Å². The van der Waals surface area contributed by atoms with Crippen LogP contribution in [0.3, 0.4) is 0 Å². The lowest BCUT2D eigenvalue weighted by Crippen LogP contribution is -2.26. The van der Waals surface area contributed by atoms with Gasteiger partial charge in [-0.1, -0.05) is 0 Å². The number of nitrogens with zero attached hydrogens (tertiary/aromatic N) is 3. The van der Waals surface area contributed by atoms with Crippen LogP contribution in [0.5, 0.6) is 17.2 Å². The Morgan fingerprint density at radius 2 is 1.76 bits per heavy atom. The maximum Gasteiger partial charge on any atom is 0.274 e. The number of pyridine rings is 2. The summed E-state index contributed by atoms with van der Waals surface area (Å²) in [5.41, 5.74) is 5.40. The first-order valence-electron chi connectivity index (χ1n) is 9.92. The van der Waals surface area contributed by atoms with Crippen LogP contribution in [0.25, 0.3) is 33.5 Å². The lowest BCUT2D eigenvalue weighted by molar-refractivity contribution is 0.0989. The summed E-state index contributed by atoms with van der Waals surface area (Å²) in [7, 11) is 1.50. The van der Waals surface area contributed by atoms with E-state index < -0.39 is 23.2 Å². The van der Waals surface area contributed by atoms with Crippen LogP contribution in [-0.4, -0.2) is 43.2 Å². The molecule has 5 aromatic rings. The fourth-order valence-corrected chi connectivity index (χ4v) is 4.17. The molecule has 1 amide bonds. The van der Waals surface area contributed by atoms with Crippen molar-refractivity contribution in [1.82, 2.24) is 15.0 Å². The van der Waals surface area contributed by atoms with Crippen molar-refractivity contribution in [2.75, 3.05) is 11.9 Å². The maximum atomic E-state index is 13.0. The second kappa shape index (κ2) is 7.95. The molecule has 4 N–H and O–H groups in total. The fraction of sp³-hybridized carbons (Fsp3) is 0.0417. The van der Waals surface area contributed by atoms with E-state index in [-0.39, 0.29) is 11.4 Å². The first-order chi connectivity index (χ1) is 15.9. The Kier molecular flexibility index (Phi) is 4.95. The van der Waals surface area contributed by atoms with Gasteiger partial charge in [-0.3, -0.25) is 9.78 Å². The van der Waals surface area contributed by atoms with Gasteiger partial charge in [-0.2, -0.15) is 11.3 Å². The van der Waals surface area contributed by atoms with Gasteiger partial charge in [0.15, 0.2) is 17.2 Å². The average Bonchev–Trinajstić information content (AvgIpc) is 3.51. The summed E-state index contributed by atoms with van der Waals surface area (Å²) < 4.78 is 0. The lowest BCUT2D eigenvalue weighted by Gasteiger charge is -2.17. The number of carbonyl (C=O) groups is 1. The molecule has 9 heteroatoms. The molecule has 4 aromatic heterocycles. The van der Waals surface area contributed by atoms with E-state index in [1.54, 1.807) is 23.6 Å². The molecule has 33 heavy (non-hydrogen) atoms. The topological polar surface area (TPSA) is 123 Å².